The molecular formula is C36H52N2O6. The van der Waals surface area contributed by atoms with Crippen molar-refractivity contribution in [2.75, 3.05) is 20.8 Å². The number of carbonyl (C=O) groups excluding carboxylic acids is 3. The fraction of sp³-hybridized carbons (Fsp3) is 0.583. The van der Waals surface area contributed by atoms with Gasteiger partial charge >= 0.3 is 5.97 Å². The molecule has 1 saturated heterocycles. The number of amides is 2. The normalized spacial score (nSPS) is 19.7. The highest BCUT2D eigenvalue weighted by Crippen LogP contribution is 2.30. The topological polar surface area (TPSA) is 94.2 Å². The van der Waals surface area contributed by atoms with Crippen molar-refractivity contribution in [3.8, 4) is 0 Å². The van der Waals surface area contributed by atoms with Gasteiger partial charge < -0.3 is 24.4 Å². The third-order valence-corrected chi connectivity index (χ3v) is 9.58. The van der Waals surface area contributed by atoms with Gasteiger partial charge in [-0.1, -0.05) is 102 Å². The maximum atomic E-state index is 13.8. The van der Waals surface area contributed by atoms with Crippen molar-refractivity contribution >= 4 is 17.8 Å². The fourth-order valence-corrected chi connectivity index (χ4v) is 6.24. The van der Waals surface area contributed by atoms with Crippen LogP contribution in [0.3, 0.4) is 0 Å². The molecule has 0 radical (unpaired) electrons. The molecule has 0 aromatic heterocycles. The molecule has 2 aromatic rings. The van der Waals surface area contributed by atoms with E-state index in [-0.39, 0.29) is 42.4 Å². The number of methoxy groups -OCH3 is 2. The predicted molar refractivity (Wildman–Crippen MR) is 172 cm³/mol. The third-order valence-electron chi connectivity index (χ3n) is 9.58. The summed E-state index contributed by atoms with van der Waals surface area (Å²) in [7, 11) is 3.25. The van der Waals surface area contributed by atoms with Gasteiger partial charge in [0.05, 0.1) is 30.6 Å². The van der Waals surface area contributed by atoms with Crippen LogP contribution in [-0.2, 0) is 35.2 Å². The first-order valence-corrected chi connectivity index (χ1v) is 16.0. The van der Waals surface area contributed by atoms with Gasteiger partial charge in [0.2, 0.25) is 11.8 Å². The molecule has 0 saturated carbocycles. The summed E-state index contributed by atoms with van der Waals surface area (Å²) in [5.41, 5.74) is 1.78. The van der Waals surface area contributed by atoms with Crippen molar-refractivity contribution in [1.82, 2.24) is 10.2 Å². The highest BCUT2D eigenvalue weighted by Gasteiger charge is 2.42. The molecule has 8 heteroatoms. The molecular weight excluding hydrogens is 556 g/mol. The van der Waals surface area contributed by atoms with E-state index in [1.54, 1.807) is 21.1 Å². The second-order valence-corrected chi connectivity index (χ2v) is 12.3. The van der Waals surface area contributed by atoms with Crippen LogP contribution in [0.5, 0.6) is 0 Å². The van der Waals surface area contributed by atoms with Crippen molar-refractivity contribution in [1.29, 1.82) is 0 Å². The van der Waals surface area contributed by atoms with E-state index in [1.807, 2.05) is 72.5 Å². The molecule has 1 heterocycles. The zero-order valence-electron chi connectivity index (χ0n) is 27.5. The maximum absolute atomic E-state index is 13.8. The first-order chi connectivity index (χ1) is 21.1. The summed E-state index contributed by atoms with van der Waals surface area (Å²) in [6.45, 7) is 10.9. The summed E-state index contributed by atoms with van der Waals surface area (Å²) in [6.07, 6.45) is 2.17. The number of esters is 1. The number of rotatable bonds is 16. The SMILES string of the molecule is CC[C@H](C)[C@H](C)[C@@H](CC(=O)N1CCC[C@H]1[C@H](OC)[C@@H](C)C(=O)N[C@H](C(=O)OCc1ccccc1)[C@@H](C)c1ccccc1)OC. The van der Waals surface area contributed by atoms with Crippen LogP contribution in [0, 0.1) is 17.8 Å². The Morgan fingerprint density at radius 3 is 2.16 bits per heavy atom. The van der Waals surface area contributed by atoms with Gasteiger partial charge in [-0.05, 0) is 35.8 Å². The molecule has 1 N–H and O–H groups in total. The summed E-state index contributed by atoms with van der Waals surface area (Å²) in [4.78, 5) is 42.7. The number of benzene rings is 2. The van der Waals surface area contributed by atoms with Crippen molar-refractivity contribution in [2.24, 2.45) is 17.8 Å². The van der Waals surface area contributed by atoms with E-state index in [9.17, 15) is 14.4 Å². The van der Waals surface area contributed by atoms with Crippen molar-refractivity contribution in [3.63, 3.8) is 0 Å². The summed E-state index contributed by atoms with van der Waals surface area (Å²) >= 11 is 0. The Bertz CT molecular complexity index is 1180. The fourth-order valence-electron chi connectivity index (χ4n) is 6.24. The molecule has 2 amide bonds. The van der Waals surface area contributed by atoms with E-state index in [2.05, 4.69) is 26.1 Å². The molecule has 8 atom stereocenters. The van der Waals surface area contributed by atoms with E-state index in [0.29, 0.717) is 18.9 Å². The Morgan fingerprint density at radius 1 is 0.932 bits per heavy atom. The van der Waals surface area contributed by atoms with Crippen molar-refractivity contribution in [2.45, 2.75) is 97.1 Å². The Hall–Kier alpha value is -3.23. The van der Waals surface area contributed by atoms with E-state index in [4.69, 9.17) is 14.2 Å². The Labute approximate surface area is 263 Å². The standard InChI is InChI=1S/C36H52N2O6/c1-8-24(2)25(3)31(42-6)22-32(39)38-21-15-20-30(38)34(43-7)27(5)35(40)37-33(26(4)29-18-13-10-14-19-29)36(41)44-23-28-16-11-9-12-17-28/h9-14,16-19,24-27,30-31,33-34H,8,15,20-23H2,1-7H3,(H,37,40)/t24-,25-,26-,27+,30-,31+,33-,34+/m0/s1. The zero-order chi connectivity index (χ0) is 32.2. The average Bonchev–Trinajstić information content (AvgIpc) is 3.54. The van der Waals surface area contributed by atoms with Gasteiger partial charge in [0.25, 0.3) is 0 Å². The lowest BCUT2D eigenvalue weighted by molar-refractivity contribution is -0.151. The molecule has 44 heavy (non-hydrogen) atoms. The molecule has 1 aliphatic heterocycles. The molecule has 242 valence electrons. The lowest BCUT2D eigenvalue weighted by atomic mass is 9.87. The minimum absolute atomic E-state index is 0.0178. The van der Waals surface area contributed by atoms with Crippen LogP contribution in [-0.4, -0.2) is 67.7 Å². The summed E-state index contributed by atoms with van der Waals surface area (Å²) in [5.74, 6) is -1.09. The van der Waals surface area contributed by atoms with Gasteiger partial charge in [0.15, 0.2) is 0 Å². The molecule has 0 aliphatic carbocycles. The maximum Gasteiger partial charge on any atom is 0.329 e. The molecule has 0 bridgehead atoms. The number of likely N-dealkylation sites (tertiary alicyclic amines) is 1. The van der Waals surface area contributed by atoms with Gasteiger partial charge in [-0.15, -0.1) is 0 Å². The number of hydrogen-bond donors (Lipinski definition) is 1. The Kier molecular flexibility index (Phi) is 13.9. The van der Waals surface area contributed by atoms with Gasteiger partial charge in [-0.25, -0.2) is 4.79 Å². The van der Waals surface area contributed by atoms with Gasteiger partial charge in [-0.2, -0.15) is 0 Å². The Morgan fingerprint density at radius 2 is 1.57 bits per heavy atom. The molecule has 3 rings (SSSR count). The minimum atomic E-state index is -0.903. The molecule has 2 aromatic carbocycles. The number of ether oxygens (including phenoxy) is 3. The van der Waals surface area contributed by atoms with Crippen LogP contribution in [0.4, 0.5) is 0 Å². The number of nitrogens with one attached hydrogen (secondary N) is 1. The van der Waals surface area contributed by atoms with E-state index >= 15 is 0 Å². The van der Waals surface area contributed by atoms with Crippen LogP contribution in [0.25, 0.3) is 0 Å². The molecule has 1 fully saturated rings. The lowest BCUT2D eigenvalue weighted by Crippen LogP contribution is -2.53. The molecule has 1 aliphatic rings. The highest BCUT2D eigenvalue weighted by molar-refractivity contribution is 5.87. The largest absolute Gasteiger partial charge is 0.459 e. The number of nitrogens with zero attached hydrogens (tertiary/aromatic N) is 1. The van der Waals surface area contributed by atoms with Gasteiger partial charge in [-0.3, -0.25) is 9.59 Å². The van der Waals surface area contributed by atoms with E-state index in [1.165, 1.54) is 0 Å². The quantitative estimate of drug-likeness (QED) is 0.244. The third kappa shape index (κ3) is 9.14. The van der Waals surface area contributed by atoms with Crippen LogP contribution < -0.4 is 5.32 Å². The summed E-state index contributed by atoms with van der Waals surface area (Å²) < 4.78 is 17.4. The summed E-state index contributed by atoms with van der Waals surface area (Å²) in [5, 5.41) is 2.99. The van der Waals surface area contributed by atoms with Crippen molar-refractivity contribution in [3.05, 3.63) is 71.8 Å². The van der Waals surface area contributed by atoms with Crippen LogP contribution in [0.1, 0.15) is 77.3 Å². The first-order valence-electron chi connectivity index (χ1n) is 16.0. The summed E-state index contributed by atoms with van der Waals surface area (Å²) in [6, 6.07) is 17.9. The van der Waals surface area contributed by atoms with Crippen LogP contribution in [0.2, 0.25) is 0 Å². The van der Waals surface area contributed by atoms with Gasteiger partial charge in [0, 0.05) is 26.7 Å². The lowest BCUT2D eigenvalue weighted by Gasteiger charge is -2.36. The van der Waals surface area contributed by atoms with Crippen LogP contribution in [0.15, 0.2) is 60.7 Å². The second kappa shape index (κ2) is 17.3. The second-order valence-electron chi connectivity index (χ2n) is 12.3. The molecule has 0 spiro atoms. The van der Waals surface area contributed by atoms with Gasteiger partial charge in [0.1, 0.15) is 12.6 Å². The minimum Gasteiger partial charge on any atom is -0.459 e. The molecule has 0 unspecified atom stereocenters. The number of carbonyl (C=O) groups is 3. The van der Waals surface area contributed by atoms with Crippen molar-refractivity contribution < 1.29 is 28.6 Å². The highest BCUT2D eigenvalue weighted by atomic mass is 16.5. The average molecular weight is 609 g/mol. The first kappa shape index (κ1) is 35.3. The monoisotopic (exact) mass is 608 g/mol. The van der Waals surface area contributed by atoms with Crippen LogP contribution >= 0.6 is 0 Å². The van der Waals surface area contributed by atoms with E-state index < -0.39 is 24.0 Å². The van der Waals surface area contributed by atoms with E-state index in [0.717, 1.165) is 30.4 Å². The zero-order valence-corrected chi connectivity index (χ0v) is 27.5. The molecule has 8 nitrogen and oxygen atoms in total. The number of hydrogen-bond acceptors (Lipinski definition) is 6. The smallest absolute Gasteiger partial charge is 0.329 e. The predicted octanol–water partition coefficient (Wildman–Crippen LogP) is 5.75. The Balaban J connectivity index is 1.74.